The molecule has 0 aromatic carbocycles. The summed E-state index contributed by atoms with van der Waals surface area (Å²) in [6, 6.07) is 0. The van der Waals surface area contributed by atoms with Gasteiger partial charge in [0.05, 0.1) is 13.5 Å². The number of rotatable bonds is 4. The third-order valence-electron chi connectivity index (χ3n) is 1.24. The average molecular weight is 173 g/mol. The minimum Gasteiger partial charge on any atom is -0.466 e. The second-order valence-corrected chi connectivity index (χ2v) is 2.08. The molecule has 0 spiro atoms. The van der Waals surface area contributed by atoms with Crippen LogP contribution >= 0.6 is 0 Å². The third-order valence-corrected chi connectivity index (χ3v) is 1.24. The van der Waals surface area contributed by atoms with Crippen LogP contribution in [0.25, 0.3) is 0 Å². The number of hydrogen-bond donors (Lipinski definition) is 1. The Bertz CT molecular complexity index is 200. The Labute approximate surface area is 70.1 Å². The predicted molar refractivity (Wildman–Crippen MR) is 40.7 cm³/mol. The van der Waals surface area contributed by atoms with E-state index in [1.807, 2.05) is 0 Å². The van der Waals surface area contributed by atoms with Gasteiger partial charge in [-0.25, -0.2) is 4.79 Å². The Balaban J connectivity index is 3.72. The van der Waals surface area contributed by atoms with Crippen molar-refractivity contribution in [2.75, 3.05) is 7.11 Å². The van der Waals surface area contributed by atoms with E-state index in [-0.39, 0.29) is 18.4 Å². The highest BCUT2D eigenvalue weighted by Crippen LogP contribution is 2.04. The van der Waals surface area contributed by atoms with Crippen LogP contribution in [-0.2, 0) is 19.2 Å². The van der Waals surface area contributed by atoms with Crippen LogP contribution in [0.15, 0.2) is 12.2 Å². The van der Waals surface area contributed by atoms with Crippen molar-refractivity contribution in [3.63, 3.8) is 0 Å². The van der Waals surface area contributed by atoms with E-state index in [1.165, 1.54) is 7.11 Å². The van der Waals surface area contributed by atoms with Gasteiger partial charge >= 0.3 is 11.9 Å². The second-order valence-electron chi connectivity index (χ2n) is 2.08. The fourth-order valence-electron chi connectivity index (χ4n) is 0.558. The molecule has 0 amide bonds. The van der Waals surface area contributed by atoms with Crippen molar-refractivity contribution in [3.8, 4) is 0 Å². The quantitative estimate of drug-likeness (QED) is 0.365. The monoisotopic (exact) mass is 173 g/mol. The molecule has 0 radical (unpaired) electrons. The highest BCUT2D eigenvalue weighted by atomic mass is 16.7. The van der Waals surface area contributed by atoms with Crippen LogP contribution in [-0.4, -0.2) is 19.0 Å². The fraction of sp³-hybridized carbons (Fsp3) is 0.429. The van der Waals surface area contributed by atoms with Crippen molar-refractivity contribution in [1.82, 2.24) is 0 Å². The molecule has 0 heterocycles. The van der Waals surface area contributed by atoms with Crippen molar-refractivity contribution in [3.05, 3.63) is 12.2 Å². The van der Waals surface area contributed by atoms with Gasteiger partial charge in [-0.2, -0.15) is 5.90 Å². The van der Waals surface area contributed by atoms with Crippen LogP contribution in [0.2, 0.25) is 0 Å². The number of nitrogens with two attached hydrogens (primary N) is 1. The summed E-state index contributed by atoms with van der Waals surface area (Å²) < 4.78 is 4.36. The van der Waals surface area contributed by atoms with Gasteiger partial charge in [-0.05, 0) is 6.42 Å². The molecule has 0 aliphatic rings. The van der Waals surface area contributed by atoms with Crippen molar-refractivity contribution in [2.45, 2.75) is 12.8 Å². The number of carbonyl (C=O) groups is 2. The molecule has 0 saturated heterocycles. The zero-order valence-corrected chi connectivity index (χ0v) is 6.83. The topological polar surface area (TPSA) is 78.6 Å². The number of carbonyl (C=O) groups excluding carboxylic acids is 2. The van der Waals surface area contributed by atoms with Crippen molar-refractivity contribution in [2.24, 2.45) is 5.90 Å². The molecule has 0 aliphatic heterocycles. The summed E-state index contributed by atoms with van der Waals surface area (Å²) in [5.41, 5.74) is 0.225. The molecule has 0 unspecified atom stereocenters. The molecule has 0 fully saturated rings. The van der Waals surface area contributed by atoms with Gasteiger partial charge in [0.1, 0.15) is 0 Å². The zero-order valence-electron chi connectivity index (χ0n) is 6.83. The largest absolute Gasteiger partial charge is 0.466 e. The summed E-state index contributed by atoms with van der Waals surface area (Å²) in [4.78, 5) is 25.1. The first-order chi connectivity index (χ1) is 5.61. The third kappa shape index (κ3) is 3.72. The Morgan fingerprint density at radius 1 is 1.42 bits per heavy atom. The van der Waals surface area contributed by atoms with E-state index >= 15 is 0 Å². The predicted octanol–water partition coefficient (Wildman–Crippen LogP) is -0.0873. The fourth-order valence-corrected chi connectivity index (χ4v) is 0.558. The number of esters is 1. The Morgan fingerprint density at radius 2 is 2.00 bits per heavy atom. The number of methoxy groups -OCH3 is 1. The summed E-state index contributed by atoms with van der Waals surface area (Å²) in [5, 5.41) is 0. The maximum absolute atomic E-state index is 10.7. The van der Waals surface area contributed by atoms with Gasteiger partial charge in [-0.3, -0.25) is 4.79 Å². The van der Waals surface area contributed by atoms with E-state index in [0.29, 0.717) is 0 Å². The van der Waals surface area contributed by atoms with E-state index in [0.717, 1.165) is 0 Å². The Morgan fingerprint density at radius 3 is 2.42 bits per heavy atom. The lowest BCUT2D eigenvalue weighted by atomic mass is 10.2. The van der Waals surface area contributed by atoms with Crippen LogP contribution in [0.5, 0.6) is 0 Å². The molecular formula is C7H11NO4. The van der Waals surface area contributed by atoms with E-state index in [2.05, 4.69) is 22.1 Å². The van der Waals surface area contributed by atoms with Gasteiger partial charge in [0.25, 0.3) is 0 Å². The SMILES string of the molecule is C=C(CCC(=O)ON)C(=O)OC. The molecule has 5 heteroatoms. The Hall–Kier alpha value is -1.36. The molecule has 0 aromatic rings. The lowest BCUT2D eigenvalue weighted by Gasteiger charge is -2.00. The number of ether oxygens (including phenoxy) is 1. The van der Waals surface area contributed by atoms with E-state index in [4.69, 9.17) is 0 Å². The first kappa shape index (κ1) is 10.6. The summed E-state index contributed by atoms with van der Waals surface area (Å²) in [6.07, 6.45) is 0.229. The van der Waals surface area contributed by atoms with Crippen molar-refractivity contribution < 1.29 is 19.2 Å². The van der Waals surface area contributed by atoms with Gasteiger partial charge in [0, 0.05) is 5.57 Å². The summed E-state index contributed by atoms with van der Waals surface area (Å²) >= 11 is 0. The number of hydrogen-bond acceptors (Lipinski definition) is 5. The molecule has 0 saturated carbocycles. The normalized spacial score (nSPS) is 8.83. The maximum atomic E-state index is 10.7. The van der Waals surface area contributed by atoms with Crippen LogP contribution in [0.3, 0.4) is 0 Å². The molecule has 0 atom stereocenters. The summed E-state index contributed by atoms with van der Waals surface area (Å²) in [6.45, 7) is 3.41. The van der Waals surface area contributed by atoms with Crippen LogP contribution in [0, 0.1) is 0 Å². The average Bonchev–Trinajstić information content (AvgIpc) is 2.11. The smallest absolute Gasteiger partial charge is 0.333 e. The minimum atomic E-state index is -0.583. The highest BCUT2D eigenvalue weighted by molar-refractivity contribution is 5.88. The van der Waals surface area contributed by atoms with Gasteiger partial charge in [0.2, 0.25) is 0 Å². The van der Waals surface area contributed by atoms with Gasteiger partial charge in [0.15, 0.2) is 0 Å². The lowest BCUT2D eigenvalue weighted by molar-refractivity contribution is -0.144. The molecule has 0 rings (SSSR count). The minimum absolute atomic E-state index is 0.0322. The lowest BCUT2D eigenvalue weighted by Crippen LogP contribution is -2.11. The van der Waals surface area contributed by atoms with Crippen LogP contribution in [0.4, 0.5) is 0 Å². The standard InChI is InChI=1S/C7H11NO4/c1-5(7(10)11-2)3-4-6(9)12-8/h1,3-4,8H2,2H3. The van der Waals surface area contributed by atoms with E-state index < -0.39 is 11.9 Å². The zero-order chi connectivity index (χ0) is 9.56. The Kier molecular flexibility index (Phi) is 4.71. The second kappa shape index (κ2) is 5.31. The highest BCUT2D eigenvalue weighted by Gasteiger charge is 2.09. The maximum Gasteiger partial charge on any atom is 0.333 e. The molecule has 0 aromatic heterocycles. The van der Waals surface area contributed by atoms with Crippen LogP contribution in [0.1, 0.15) is 12.8 Å². The molecule has 0 bridgehead atoms. The molecule has 2 N–H and O–H groups in total. The first-order valence-corrected chi connectivity index (χ1v) is 3.27. The summed E-state index contributed by atoms with van der Waals surface area (Å²) in [7, 11) is 1.24. The van der Waals surface area contributed by atoms with Gasteiger partial charge < -0.3 is 9.57 Å². The summed E-state index contributed by atoms with van der Waals surface area (Å²) in [5.74, 6) is 3.46. The van der Waals surface area contributed by atoms with Crippen molar-refractivity contribution in [1.29, 1.82) is 0 Å². The molecular weight excluding hydrogens is 162 g/mol. The first-order valence-electron chi connectivity index (χ1n) is 3.27. The van der Waals surface area contributed by atoms with Crippen LogP contribution < -0.4 is 5.90 Å². The molecule has 5 nitrogen and oxygen atoms in total. The molecule has 68 valence electrons. The van der Waals surface area contributed by atoms with E-state index in [1.54, 1.807) is 0 Å². The van der Waals surface area contributed by atoms with Gasteiger partial charge in [-0.15, -0.1) is 0 Å². The van der Waals surface area contributed by atoms with Gasteiger partial charge in [-0.1, -0.05) is 6.58 Å². The van der Waals surface area contributed by atoms with Crippen molar-refractivity contribution >= 4 is 11.9 Å². The van der Waals surface area contributed by atoms with E-state index in [9.17, 15) is 9.59 Å². The molecule has 0 aliphatic carbocycles. The molecule has 12 heavy (non-hydrogen) atoms.